The molecule has 0 saturated carbocycles. The maximum Gasteiger partial charge on any atom is 0.416 e. The molecule has 1 atom stereocenters. The summed E-state index contributed by atoms with van der Waals surface area (Å²) in [5, 5.41) is 11.5. The van der Waals surface area contributed by atoms with Gasteiger partial charge in [-0.25, -0.2) is 8.78 Å². The Morgan fingerprint density at radius 1 is 1.04 bits per heavy atom. The second kappa shape index (κ2) is 6.23. The monoisotopic (exact) mass is 354 g/mol. The molecule has 1 aromatic heterocycles. The standard InChI is InChI=1S/C16H11F5N4/c1-9(13-6-5-12(17)8-14(13)18)25-23-15(22-24-25)10-3-2-4-11(7-10)16(19,20)21/h2-9H,1H3. The first kappa shape index (κ1) is 17.0. The summed E-state index contributed by atoms with van der Waals surface area (Å²) in [6.45, 7) is 1.56. The van der Waals surface area contributed by atoms with Crippen molar-refractivity contribution < 1.29 is 22.0 Å². The largest absolute Gasteiger partial charge is 0.416 e. The third-order valence-electron chi connectivity index (χ3n) is 3.64. The lowest BCUT2D eigenvalue weighted by Crippen LogP contribution is -2.12. The van der Waals surface area contributed by atoms with Crippen LogP contribution in [0.15, 0.2) is 42.5 Å². The number of aromatic nitrogens is 4. The highest BCUT2D eigenvalue weighted by atomic mass is 19.4. The highest BCUT2D eigenvalue weighted by Gasteiger charge is 2.30. The van der Waals surface area contributed by atoms with Crippen LogP contribution < -0.4 is 0 Å². The molecule has 4 nitrogen and oxygen atoms in total. The molecule has 0 aliphatic carbocycles. The van der Waals surface area contributed by atoms with Gasteiger partial charge in [0.05, 0.1) is 11.6 Å². The van der Waals surface area contributed by atoms with Crippen molar-refractivity contribution in [1.29, 1.82) is 0 Å². The van der Waals surface area contributed by atoms with Crippen molar-refractivity contribution in [2.75, 3.05) is 0 Å². The van der Waals surface area contributed by atoms with Gasteiger partial charge in [-0.2, -0.15) is 18.0 Å². The first-order valence-corrected chi connectivity index (χ1v) is 7.18. The van der Waals surface area contributed by atoms with Crippen LogP contribution in [0.3, 0.4) is 0 Å². The molecule has 0 amide bonds. The van der Waals surface area contributed by atoms with E-state index in [4.69, 9.17) is 0 Å². The first-order valence-electron chi connectivity index (χ1n) is 7.18. The SMILES string of the molecule is CC(c1ccc(F)cc1F)n1nnc(-c2cccc(C(F)(F)F)c2)n1. The minimum absolute atomic E-state index is 0.0273. The lowest BCUT2D eigenvalue weighted by molar-refractivity contribution is -0.137. The molecular weight excluding hydrogens is 343 g/mol. The van der Waals surface area contributed by atoms with Crippen LogP contribution >= 0.6 is 0 Å². The van der Waals surface area contributed by atoms with E-state index in [-0.39, 0.29) is 17.0 Å². The van der Waals surface area contributed by atoms with Gasteiger partial charge in [0.15, 0.2) is 0 Å². The molecule has 0 fully saturated rings. The van der Waals surface area contributed by atoms with Gasteiger partial charge >= 0.3 is 6.18 Å². The van der Waals surface area contributed by atoms with Crippen LogP contribution in [0.1, 0.15) is 24.1 Å². The number of nitrogens with zero attached hydrogens (tertiary/aromatic N) is 4. The number of halogens is 5. The number of hydrogen-bond donors (Lipinski definition) is 0. The van der Waals surface area contributed by atoms with Crippen LogP contribution in [0.4, 0.5) is 22.0 Å². The van der Waals surface area contributed by atoms with Gasteiger partial charge in [-0.3, -0.25) is 0 Å². The van der Waals surface area contributed by atoms with E-state index in [2.05, 4.69) is 15.4 Å². The van der Waals surface area contributed by atoms with E-state index >= 15 is 0 Å². The summed E-state index contributed by atoms with van der Waals surface area (Å²) in [6.07, 6.45) is -4.49. The Kier molecular flexibility index (Phi) is 4.23. The topological polar surface area (TPSA) is 43.6 Å². The zero-order valence-corrected chi connectivity index (χ0v) is 12.8. The highest BCUT2D eigenvalue weighted by Crippen LogP contribution is 2.31. The molecule has 0 aliphatic rings. The van der Waals surface area contributed by atoms with Gasteiger partial charge in [-0.15, -0.1) is 10.2 Å². The fourth-order valence-electron chi connectivity index (χ4n) is 2.30. The van der Waals surface area contributed by atoms with Crippen molar-refractivity contribution in [3.63, 3.8) is 0 Å². The second-order valence-corrected chi connectivity index (χ2v) is 5.35. The van der Waals surface area contributed by atoms with Gasteiger partial charge in [0.2, 0.25) is 5.82 Å². The average Bonchev–Trinajstić information content (AvgIpc) is 3.04. The molecule has 1 heterocycles. The third-order valence-corrected chi connectivity index (χ3v) is 3.64. The zero-order chi connectivity index (χ0) is 18.2. The molecular formula is C16H11F5N4. The Balaban J connectivity index is 1.92. The Hall–Kier alpha value is -2.84. The number of benzene rings is 2. The lowest BCUT2D eigenvalue weighted by Gasteiger charge is -2.11. The van der Waals surface area contributed by atoms with Crippen molar-refractivity contribution in [2.45, 2.75) is 19.1 Å². The van der Waals surface area contributed by atoms with Gasteiger partial charge in [-0.1, -0.05) is 18.2 Å². The Morgan fingerprint density at radius 2 is 1.80 bits per heavy atom. The van der Waals surface area contributed by atoms with E-state index < -0.39 is 29.4 Å². The molecule has 0 saturated heterocycles. The maximum atomic E-state index is 13.8. The molecule has 130 valence electrons. The van der Waals surface area contributed by atoms with E-state index in [0.29, 0.717) is 0 Å². The van der Waals surface area contributed by atoms with E-state index in [1.807, 2.05) is 0 Å². The van der Waals surface area contributed by atoms with Gasteiger partial charge in [0.25, 0.3) is 0 Å². The normalized spacial score (nSPS) is 13.0. The van der Waals surface area contributed by atoms with Crippen molar-refractivity contribution in [1.82, 2.24) is 20.2 Å². The van der Waals surface area contributed by atoms with E-state index in [1.54, 1.807) is 6.92 Å². The summed E-state index contributed by atoms with van der Waals surface area (Å²) in [5.74, 6) is -1.52. The fourth-order valence-corrected chi connectivity index (χ4v) is 2.30. The number of rotatable bonds is 3. The van der Waals surface area contributed by atoms with Crippen LogP contribution in [-0.2, 0) is 6.18 Å². The molecule has 25 heavy (non-hydrogen) atoms. The van der Waals surface area contributed by atoms with Crippen molar-refractivity contribution in [3.05, 3.63) is 65.2 Å². The van der Waals surface area contributed by atoms with Crippen molar-refractivity contribution in [2.24, 2.45) is 0 Å². The van der Waals surface area contributed by atoms with E-state index in [1.165, 1.54) is 18.2 Å². The summed E-state index contributed by atoms with van der Waals surface area (Å²) in [4.78, 5) is 1.06. The minimum Gasteiger partial charge on any atom is -0.207 e. The molecule has 0 bridgehead atoms. The molecule has 3 rings (SSSR count). The van der Waals surface area contributed by atoms with Crippen molar-refractivity contribution in [3.8, 4) is 11.4 Å². The van der Waals surface area contributed by atoms with Gasteiger partial charge in [-0.05, 0) is 30.3 Å². The van der Waals surface area contributed by atoms with Gasteiger partial charge in [0, 0.05) is 17.2 Å². The molecule has 9 heteroatoms. The molecule has 3 aromatic rings. The quantitative estimate of drug-likeness (QED) is 0.661. The lowest BCUT2D eigenvalue weighted by atomic mass is 10.1. The van der Waals surface area contributed by atoms with Gasteiger partial charge < -0.3 is 0 Å². The summed E-state index contributed by atoms with van der Waals surface area (Å²) in [6, 6.07) is 6.86. The van der Waals surface area contributed by atoms with Gasteiger partial charge in [0.1, 0.15) is 11.6 Å². The van der Waals surface area contributed by atoms with Crippen LogP contribution in [0.5, 0.6) is 0 Å². The van der Waals surface area contributed by atoms with Crippen LogP contribution in [0.25, 0.3) is 11.4 Å². The van der Waals surface area contributed by atoms with E-state index in [0.717, 1.165) is 29.1 Å². The van der Waals surface area contributed by atoms with Crippen LogP contribution in [0, 0.1) is 11.6 Å². The Labute approximate surface area is 138 Å². The Morgan fingerprint density at radius 3 is 2.48 bits per heavy atom. The summed E-state index contributed by atoms with van der Waals surface area (Å²) >= 11 is 0. The summed E-state index contributed by atoms with van der Waals surface area (Å²) < 4.78 is 65.2. The summed E-state index contributed by atoms with van der Waals surface area (Å²) in [5.41, 5.74) is -0.568. The molecule has 0 radical (unpaired) electrons. The fraction of sp³-hybridized carbons (Fsp3) is 0.188. The number of hydrogen-bond acceptors (Lipinski definition) is 3. The molecule has 2 aromatic carbocycles. The predicted octanol–water partition coefficient (Wildman–Crippen LogP) is 4.25. The van der Waals surface area contributed by atoms with Crippen LogP contribution in [0.2, 0.25) is 0 Å². The van der Waals surface area contributed by atoms with Crippen molar-refractivity contribution >= 4 is 0 Å². The second-order valence-electron chi connectivity index (χ2n) is 5.35. The first-order chi connectivity index (χ1) is 11.8. The summed E-state index contributed by atoms with van der Waals surface area (Å²) in [7, 11) is 0. The van der Waals surface area contributed by atoms with Crippen LogP contribution in [-0.4, -0.2) is 20.2 Å². The Bertz CT molecular complexity index is 904. The highest BCUT2D eigenvalue weighted by molar-refractivity contribution is 5.55. The maximum absolute atomic E-state index is 13.8. The molecule has 1 unspecified atom stereocenters. The molecule has 0 spiro atoms. The predicted molar refractivity (Wildman–Crippen MR) is 78.4 cm³/mol. The molecule has 0 aliphatic heterocycles. The average molecular weight is 354 g/mol. The third kappa shape index (κ3) is 3.49. The van der Waals surface area contributed by atoms with E-state index in [9.17, 15) is 22.0 Å². The smallest absolute Gasteiger partial charge is 0.207 e. The molecule has 0 N–H and O–H groups in total. The number of alkyl halides is 3. The number of tetrazole rings is 1. The minimum atomic E-state index is -4.49. The zero-order valence-electron chi connectivity index (χ0n) is 12.8.